The third-order valence-electron chi connectivity index (χ3n) is 2.30. The number of piperidine rings is 1. The van der Waals surface area contributed by atoms with Gasteiger partial charge in [0.05, 0.1) is 0 Å². The van der Waals surface area contributed by atoms with Crippen LogP contribution in [0.15, 0.2) is 0 Å². The molecule has 0 aromatic carbocycles. The lowest BCUT2D eigenvalue weighted by Gasteiger charge is -2.28. The van der Waals surface area contributed by atoms with Gasteiger partial charge in [-0.1, -0.05) is 12.7 Å². The van der Waals surface area contributed by atoms with Crippen LogP contribution in [-0.4, -0.2) is 25.3 Å². The number of hydrogen-bond donors (Lipinski definition) is 0. The molecule has 11 heavy (non-hydrogen) atoms. The van der Waals surface area contributed by atoms with Crippen molar-refractivity contribution < 1.29 is 0 Å². The van der Waals surface area contributed by atoms with Crippen molar-refractivity contribution in [3.05, 3.63) is 0 Å². The van der Waals surface area contributed by atoms with Crippen molar-refractivity contribution in [2.75, 3.05) is 13.1 Å². The molecule has 0 saturated carbocycles. The summed E-state index contributed by atoms with van der Waals surface area (Å²) < 4.78 is 0. The van der Waals surface area contributed by atoms with Gasteiger partial charge in [-0.05, 0) is 26.3 Å². The molecular formula is C9H16BN. The molecule has 2 heteroatoms. The smallest absolute Gasteiger partial charge is 0.201 e. The molecule has 1 aliphatic rings. The van der Waals surface area contributed by atoms with E-state index in [1.807, 2.05) is 6.92 Å². The summed E-state index contributed by atoms with van der Waals surface area (Å²) in [5.74, 6) is 6.91. The van der Waals surface area contributed by atoms with Crippen LogP contribution in [0, 0.1) is 17.8 Å². The Balaban J connectivity index is 2.37. The maximum Gasteiger partial charge on any atom is 0.201 e. The largest absolute Gasteiger partial charge is 0.344 e. The molecule has 1 nitrogen and oxygen atoms in total. The van der Waals surface area contributed by atoms with E-state index in [1.165, 1.54) is 33.3 Å². The summed E-state index contributed by atoms with van der Waals surface area (Å²) in [6.07, 6.45) is 2.63. The highest BCUT2D eigenvalue weighted by molar-refractivity contribution is 6.29. The molecule has 1 saturated heterocycles. The van der Waals surface area contributed by atoms with Crippen LogP contribution in [0.5, 0.6) is 0 Å². The minimum atomic E-state index is 0.647. The molecule has 0 N–H and O–H groups in total. The molecule has 0 amide bonds. The van der Waals surface area contributed by atoms with Crippen molar-refractivity contribution in [2.45, 2.75) is 26.6 Å². The molecule has 60 valence electrons. The zero-order valence-electron chi connectivity index (χ0n) is 7.56. The van der Waals surface area contributed by atoms with E-state index in [1.54, 1.807) is 0 Å². The van der Waals surface area contributed by atoms with Gasteiger partial charge in [0, 0.05) is 12.5 Å². The molecule has 1 heterocycles. The van der Waals surface area contributed by atoms with E-state index < -0.39 is 0 Å². The first-order valence-electron chi connectivity index (χ1n) is 4.51. The van der Waals surface area contributed by atoms with Gasteiger partial charge in [-0.2, -0.15) is 0 Å². The second-order valence-electron chi connectivity index (χ2n) is 3.13. The van der Waals surface area contributed by atoms with Crippen LogP contribution in [0.2, 0.25) is 6.82 Å². The zero-order valence-corrected chi connectivity index (χ0v) is 7.56. The van der Waals surface area contributed by atoms with E-state index in [0.717, 1.165) is 0 Å². The average Bonchev–Trinajstić information content (AvgIpc) is 2.06. The van der Waals surface area contributed by atoms with Gasteiger partial charge in [-0.25, -0.2) is 0 Å². The molecular weight excluding hydrogens is 133 g/mol. The van der Waals surface area contributed by atoms with Gasteiger partial charge in [-0.3, -0.25) is 0 Å². The average molecular weight is 149 g/mol. The predicted molar refractivity (Wildman–Crippen MR) is 50.8 cm³/mol. The van der Waals surface area contributed by atoms with Crippen molar-refractivity contribution in [3.8, 4) is 11.8 Å². The summed E-state index contributed by atoms with van der Waals surface area (Å²) >= 11 is 0. The maximum absolute atomic E-state index is 3.26. The fraction of sp³-hybridized carbons (Fsp3) is 0.778. The molecule has 1 atom stereocenters. The van der Waals surface area contributed by atoms with Crippen LogP contribution in [-0.2, 0) is 0 Å². The van der Waals surface area contributed by atoms with Gasteiger partial charge in [-0.15, -0.1) is 5.92 Å². The monoisotopic (exact) mass is 149 g/mol. The van der Waals surface area contributed by atoms with Gasteiger partial charge < -0.3 is 4.81 Å². The maximum atomic E-state index is 3.26. The van der Waals surface area contributed by atoms with E-state index in [0.29, 0.717) is 5.92 Å². The Hall–Kier alpha value is -0.415. The van der Waals surface area contributed by atoms with Crippen molar-refractivity contribution in [3.63, 3.8) is 0 Å². The highest BCUT2D eigenvalue weighted by atomic mass is 15.0. The van der Waals surface area contributed by atoms with Crippen molar-refractivity contribution >= 4 is 7.41 Å². The van der Waals surface area contributed by atoms with Crippen LogP contribution in [0.1, 0.15) is 19.8 Å². The molecule has 0 radical (unpaired) electrons. The van der Waals surface area contributed by atoms with Crippen LogP contribution in [0.25, 0.3) is 0 Å². The molecule has 1 unspecified atom stereocenters. The first-order chi connectivity index (χ1) is 5.36. The summed E-state index contributed by atoms with van der Waals surface area (Å²) in [4.78, 5) is 2.48. The van der Waals surface area contributed by atoms with Gasteiger partial charge in [0.25, 0.3) is 0 Å². The van der Waals surface area contributed by atoms with E-state index in [4.69, 9.17) is 0 Å². The van der Waals surface area contributed by atoms with Gasteiger partial charge >= 0.3 is 0 Å². The topological polar surface area (TPSA) is 3.24 Å². The normalized spacial score (nSPS) is 25.5. The molecule has 0 aromatic rings. The van der Waals surface area contributed by atoms with Crippen LogP contribution in [0.3, 0.4) is 0 Å². The van der Waals surface area contributed by atoms with E-state index >= 15 is 0 Å². The van der Waals surface area contributed by atoms with Crippen molar-refractivity contribution in [1.29, 1.82) is 0 Å². The third-order valence-corrected chi connectivity index (χ3v) is 2.30. The second kappa shape index (κ2) is 4.46. The van der Waals surface area contributed by atoms with E-state index in [-0.39, 0.29) is 0 Å². The highest BCUT2D eigenvalue weighted by Gasteiger charge is 2.16. The summed E-state index contributed by atoms with van der Waals surface area (Å²) in [6, 6.07) is 0. The number of nitrogens with zero attached hydrogens (tertiary/aromatic N) is 1. The molecule has 0 aromatic heterocycles. The van der Waals surface area contributed by atoms with Gasteiger partial charge in [0.2, 0.25) is 7.41 Å². The van der Waals surface area contributed by atoms with E-state index in [2.05, 4.69) is 23.5 Å². The van der Waals surface area contributed by atoms with Crippen LogP contribution in [0.4, 0.5) is 0 Å². The van der Waals surface area contributed by atoms with Gasteiger partial charge in [0.1, 0.15) is 0 Å². The molecule has 0 aliphatic carbocycles. The van der Waals surface area contributed by atoms with Crippen LogP contribution < -0.4 is 0 Å². The highest BCUT2D eigenvalue weighted by Crippen LogP contribution is 2.14. The fourth-order valence-electron chi connectivity index (χ4n) is 1.66. The third kappa shape index (κ3) is 2.59. The molecule has 0 bridgehead atoms. The minimum absolute atomic E-state index is 0.647. The second-order valence-corrected chi connectivity index (χ2v) is 3.13. The summed E-state index contributed by atoms with van der Waals surface area (Å²) in [6.45, 7) is 6.63. The molecule has 1 aliphatic heterocycles. The minimum Gasteiger partial charge on any atom is -0.344 e. The lowest BCUT2D eigenvalue weighted by molar-refractivity contribution is 0.315. The molecule has 1 rings (SSSR count). The molecule has 0 spiro atoms. The quantitative estimate of drug-likeness (QED) is 0.399. The zero-order chi connectivity index (χ0) is 8.10. The predicted octanol–water partition coefficient (Wildman–Crippen LogP) is 1.12. The lowest BCUT2D eigenvalue weighted by Crippen LogP contribution is -2.36. The first-order valence-corrected chi connectivity index (χ1v) is 4.51. The van der Waals surface area contributed by atoms with Crippen molar-refractivity contribution in [2.24, 2.45) is 5.92 Å². The SMILES string of the molecule is CBN1CCCC(C#CC)C1. The molecule has 1 fully saturated rings. The fourth-order valence-corrected chi connectivity index (χ4v) is 1.66. The Kier molecular flexibility index (Phi) is 3.52. The standard InChI is InChI=1S/C9H16BN/c1-3-5-9-6-4-7-11(8-9)10-2/h9-10H,4,6-8H2,1-2H3. The Bertz CT molecular complexity index is 168. The summed E-state index contributed by atoms with van der Waals surface area (Å²) in [5, 5.41) is 0. The van der Waals surface area contributed by atoms with Crippen molar-refractivity contribution in [1.82, 2.24) is 4.81 Å². The first kappa shape index (κ1) is 8.68. The Morgan fingerprint density at radius 2 is 2.36 bits per heavy atom. The number of hydrogen-bond acceptors (Lipinski definition) is 1. The Morgan fingerprint density at radius 3 is 3.00 bits per heavy atom. The van der Waals surface area contributed by atoms with E-state index in [9.17, 15) is 0 Å². The lowest BCUT2D eigenvalue weighted by atomic mass is 9.88. The Labute approximate surface area is 70.4 Å². The Morgan fingerprint density at radius 1 is 1.55 bits per heavy atom. The van der Waals surface area contributed by atoms with Gasteiger partial charge in [0.15, 0.2) is 0 Å². The number of rotatable bonds is 1. The summed E-state index contributed by atoms with van der Waals surface area (Å²) in [7, 11) is 1.18. The summed E-state index contributed by atoms with van der Waals surface area (Å²) in [5.41, 5.74) is 0. The van der Waals surface area contributed by atoms with Crippen LogP contribution >= 0.6 is 0 Å².